The molecule has 0 aromatic heterocycles. The van der Waals surface area contributed by atoms with Crippen LogP contribution in [-0.2, 0) is 6.54 Å². The van der Waals surface area contributed by atoms with Crippen LogP contribution in [0.1, 0.15) is 16.7 Å². The predicted octanol–water partition coefficient (Wildman–Crippen LogP) is 3.05. The molecular weight excluding hydrogens is 254 g/mol. The lowest BCUT2D eigenvalue weighted by Crippen LogP contribution is -2.03. The first-order chi connectivity index (χ1) is 7.04. The third kappa shape index (κ3) is 3.36. The summed E-state index contributed by atoms with van der Waals surface area (Å²) in [5.74, 6) is 0.924. The Balaban J connectivity index is 2.92. The van der Waals surface area contributed by atoms with Gasteiger partial charge in [0.05, 0.1) is 0 Å². The van der Waals surface area contributed by atoms with Crippen molar-refractivity contribution in [3.05, 3.63) is 39.9 Å². The minimum absolute atomic E-state index is 0.490. The lowest BCUT2D eigenvalue weighted by molar-refractivity contribution is 0.355. The van der Waals surface area contributed by atoms with Crippen LogP contribution in [0.25, 0.3) is 0 Å². The molecule has 0 bridgehead atoms. The van der Waals surface area contributed by atoms with E-state index in [2.05, 4.69) is 34.6 Å². The van der Waals surface area contributed by atoms with Gasteiger partial charge in [-0.2, -0.15) is 0 Å². The Hall–Kier alpha value is -0.800. The summed E-state index contributed by atoms with van der Waals surface area (Å²) < 4.78 is 6.48. The van der Waals surface area contributed by atoms with Crippen molar-refractivity contribution in [1.82, 2.24) is 0 Å². The summed E-state index contributed by atoms with van der Waals surface area (Å²) >= 11 is 3.27. The number of aryl methyl sites for hydroxylation is 2. The number of ether oxygens (including phenoxy) is 1. The Bertz CT molecular complexity index is 351. The van der Waals surface area contributed by atoms with Gasteiger partial charge in [-0.3, -0.25) is 0 Å². The molecule has 0 unspecified atom stereocenters. The Labute approximate surface area is 99.3 Å². The molecule has 3 heteroatoms. The predicted molar refractivity (Wildman–Crippen MR) is 67.4 cm³/mol. The molecule has 0 aliphatic heterocycles. The van der Waals surface area contributed by atoms with Gasteiger partial charge < -0.3 is 10.5 Å². The van der Waals surface area contributed by atoms with Gasteiger partial charge in [0.2, 0.25) is 0 Å². The van der Waals surface area contributed by atoms with Gasteiger partial charge in [0, 0.05) is 11.0 Å². The summed E-state index contributed by atoms with van der Waals surface area (Å²) in [4.78, 5) is 0. The van der Waals surface area contributed by atoms with Gasteiger partial charge in [0.1, 0.15) is 12.4 Å². The van der Waals surface area contributed by atoms with E-state index in [0.29, 0.717) is 13.2 Å². The molecule has 0 saturated heterocycles. The summed E-state index contributed by atoms with van der Waals surface area (Å²) in [6.45, 7) is 8.84. The molecule has 0 radical (unpaired) electrons. The molecule has 0 amide bonds. The molecule has 1 aromatic carbocycles. The molecule has 1 aromatic rings. The van der Waals surface area contributed by atoms with E-state index < -0.39 is 0 Å². The van der Waals surface area contributed by atoms with Crippen LogP contribution < -0.4 is 10.5 Å². The molecule has 82 valence electrons. The first-order valence-electron chi connectivity index (χ1n) is 4.81. The van der Waals surface area contributed by atoms with Crippen molar-refractivity contribution < 1.29 is 4.74 Å². The maximum atomic E-state index is 5.64. The number of nitrogens with two attached hydrogens (primary N) is 1. The third-order valence-corrected chi connectivity index (χ3v) is 2.36. The second kappa shape index (κ2) is 5.33. The molecule has 1 rings (SSSR count). The standard InChI is InChI=1S/C12H16BrNO/c1-8-4-11(6-14)5-9(2)12(8)15-7-10(3)13/h4-5H,3,6-7,14H2,1-2H3. The van der Waals surface area contributed by atoms with Crippen molar-refractivity contribution in [3.8, 4) is 5.75 Å². The summed E-state index contributed by atoms with van der Waals surface area (Å²) in [6.07, 6.45) is 0. The molecule has 0 heterocycles. The Morgan fingerprint density at radius 2 is 1.93 bits per heavy atom. The van der Waals surface area contributed by atoms with Crippen LogP contribution in [0.4, 0.5) is 0 Å². The second-order valence-corrected chi connectivity index (χ2v) is 4.69. The SMILES string of the molecule is C=C(Br)COc1c(C)cc(CN)cc1C. The van der Waals surface area contributed by atoms with Crippen LogP contribution >= 0.6 is 15.9 Å². The van der Waals surface area contributed by atoms with Crippen LogP contribution in [-0.4, -0.2) is 6.61 Å². The van der Waals surface area contributed by atoms with E-state index in [1.807, 2.05) is 13.8 Å². The number of benzene rings is 1. The fourth-order valence-electron chi connectivity index (χ4n) is 1.54. The number of hydrogen-bond acceptors (Lipinski definition) is 2. The number of hydrogen-bond donors (Lipinski definition) is 1. The first-order valence-corrected chi connectivity index (χ1v) is 5.60. The van der Waals surface area contributed by atoms with E-state index in [1.165, 1.54) is 0 Å². The maximum Gasteiger partial charge on any atom is 0.125 e. The zero-order chi connectivity index (χ0) is 11.4. The molecule has 0 spiro atoms. The van der Waals surface area contributed by atoms with Crippen LogP contribution in [0.3, 0.4) is 0 Å². The molecule has 0 aliphatic carbocycles. The van der Waals surface area contributed by atoms with E-state index in [1.54, 1.807) is 0 Å². The first kappa shape index (κ1) is 12.3. The highest BCUT2D eigenvalue weighted by Gasteiger charge is 2.05. The van der Waals surface area contributed by atoms with Gasteiger partial charge in [0.15, 0.2) is 0 Å². The molecule has 0 fully saturated rings. The number of halogens is 1. The monoisotopic (exact) mass is 269 g/mol. The van der Waals surface area contributed by atoms with E-state index in [9.17, 15) is 0 Å². The normalized spacial score (nSPS) is 10.1. The molecule has 2 N–H and O–H groups in total. The minimum atomic E-state index is 0.490. The largest absolute Gasteiger partial charge is 0.488 e. The summed E-state index contributed by atoms with van der Waals surface area (Å²) in [5, 5.41) is 0. The molecule has 0 saturated carbocycles. The van der Waals surface area contributed by atoms with Crippen molar-refractivity contribution in [1.29, 1.82) is 0 Å². The zero-order valence-electron chi connectivity index (χ0n) is 9.14. The highest BCUT2D eigenvalue weighted by Crippen LogP contribution is 2.25. The highest BCUT2D eigenvalue weighted by atomic mass is 79.9. The van der Waals surface area contributed by atoms with Gasteiger partial charge in [-0.1, -0.05) is 34.6 Å². The van der Waals surface area contributed by atoms with Gasteiger partial charge in [0.25, 0.3) is 0 Å². The van der Waals surface area contributed by atoms with Crippen molar-refractivity contribution in [2.75, 3.05) is 6.61 Å². The summed E-state index contributed by atoms with van der Waals surface area (Å²) in [7, 11) is 0. The van der Waals surface area contributed by atoms with E-state index >= 15 is 0 Å². The molecule has 15 heavy (non-hydrogen) atoms. The van der Waals surface area contributed by atoms with Crippen LogP contribution in [0.15, 0.2) is 23.2 Å². The van der Waals surface area contributed by atoms with Crippen molar-refractivity contribution in [2.24, 2.45) is 5.73 Å². The van der Waals surface area contributed by atoms with Crippen molar-refractivity contribution >= 4 is 15.9 Å². The van der Waals surface area contributed by atoms with Gasteiger partial charge in [-0.25, -0.2) is 0 Å². The highest BCUT2D eigenvalue weighted by molar-refractivity contribution is 9.11. The van der Waals surface area contributed by atoms with Gasteiger partial charge in [-0.05, 0) is 30.5 Å². The second-order valence-electron chi connectivity index (χ2n) is 3.57. The number of rotatable bonds is 4. The van der Waals surface area contributed by atoms with Crippen LogP contribution in [0.5, 0.6) is 5.75 Å². The quantitative estimate of drug-likeness (QED) is 0.912. The Morgan fingerprint density at radius 1 is 1.40 bits per heavy atom. The molecule has 0 aliphatic rings. The fraction of sp³-hybridized carbons (Fsp3) is 0.333. The van der Waals surface area contributed by atoms with Gasteiger partial charge >= 0.3 is 0 Å². The molecule has 2 nitrogen and oxygen atoms in total. The van der Waals surface area contributed by atoms with Crippen LogP contribution in [0.2, 0.25) is 0 Å². The topological polar surface area (TPSA) is 35.2 Å². The Kier molecular flexibility index (Phi) is 4.36. The van der Waals surface area contributed by atoms with Crippen molar-refractivity contribution in [2.45, 2.75) is 20.4 Å². The summed E-state index contributed by atoms with van der Waals surface area (Å²) in [6, 6.07) is 4.11. The minimum Gasteiger partial charge on any atom is -0.488 e. The molecule has 0 atom stereocenters. The van der Waals surface area contributed by atoms with Crippen molar-refractivity contribution in [3.63, 3.8) is 0 Å². The lowest BCUT2D eigenvalue weighted by Gasteiger charge is -2.13. The molecular formula is C12H16BrNO. The average molecular weight is 270 g/mol. The van der Waals surface area contributed by atoms with Crippen LogP contribution in [0, 0.1) is 13.8 Å². The average Bonchev–Trinajstić information content (AvgIpc) is 2.15. The third-order valence-electron chi connectivity index (χ3n) is 2.13. The summed E-state index contributed by atoms with van der Waals surface area (Å²) in [5.41, 5.74) is 8.96. The van der Waals surface area contributed by atoms with E-state index in [0.717, 1.165) is 26.9 Å². The Morgan fingerprint density at radius 3 is 2.33 bits per heavy atom. The maximum absolute atomic E-state index is 5.64. The zero-order valence-corrected chi connectivity index (χ0v) is 10.7. The van der Waals surface area contributed by atoms with E-state index in [4.69, 9.17) is 10.5 Å². The smallest absolute Gasteiger partial charge is 0.125 e. The lowest BCUT2D eigenvalue weighted by atomic mass is 10.1. The fourth-order valence-corrected chi connectivity index (χ4v) is 1.65. The van der Waals surface area contributed by atoms with Gasteiger partial charge in [-0.15, -0.1) is 0 Å². The van der Waals surface area contributed by atoms with E-state index in [-0.39, 0.29) is 0 Å².